The van der Waals surface area contributed by atoms with E-state index in [1.54, 1.807) is 6.92 Å². The van der Waals surface area contributed by atoms with Crippen LogP contribution in [0.15, 0.2) is 18.2 Å². The van der Waals surface area contributed by atoms with E-state index in [4.69, 9.17) is 10.5 Å². The Kier molecular flexibility index (Phi) is 4.77. The Hall–Kier alpha value is -1.76. The number of hydrogen-bond donors (Lipinski definition) is 2. The maximum Gasteiger partial charge on any atom is 0.418 e. The minimum Gasteiger partial charge on any atom is -0.497 e. The second-order valence-electron chi connectivity index (χ2n) is 3.91. The minimum atomic E-state index is -4.59. The third kappa shape index (κ3) is 3.85. The Morgan fingerprint density at radius 3 is 2.58 bits per heavy atom. The average molecular weight is 276 g/mol. The molecule has 1 aromatic carbocycles. The number of alkyl halides is 3. The first-order valence-corrected chi connectivity index (χ1v) is 5.61. The van der Waals surface area contributed by atoms with E-state index in [0.717, 1.165) is 12.1 Å². The van der Waals surface area contributed by atoms with Crippen LogP contribution in [0.4, 0.5) is 18.9 Å². The summed E-state index contributed by atoms with van der Waals surface area (Å²) in [5.74, 6) is -0.594. The fraction of sp³-hybridized carbons (Fsp3) is 0.417. The zero-order valence-electron chi connectivity index (χ0n) is 10.5. The van der Waals surface area contributed by atoms with Crippen molar-refractivity contribution in [3.05, 3.63) is 23.8 Å². The third-order valence-electron chi connectivity index (χ3n) is 2.57. The highest BCUT2D eigenvalue weighted by Gasteiger charge is 2.34. The molecule has 0 heterocycles. The number of carbonyl (C=O) groups excluding carboxylic acids is 1. The Morgan fingerprint density at radius 1 is 1.47 bits per heavy atom. The van der Waals surface area contributed by atoms with E-state index in [0.29, 0.717) is 6.42 Å². The predicted octanol–water partition coefficient (Wildman–Crippen LogP) is 2.39. The molecular weight excluding hydrogens is 261 g/mol. The molecule has 0 aliphatic carbocycles. The quantitative estimate of drug-likeness (QED) is 0.887. The van der Waals surface area contributed by atoms with Gasteiger partial charge in [-0.2, -0.15) is 13.2 Å². The molecule has 19 heavy (non-hydrogen) atoms. The molecule has 3 N–H and O–H groups in total. The number of amides is 1. The number of methoxy groups -OCH3 is 1. The van der Waals surface area contributed by atoms with Crippen molar-refractivity contribution in [1.82, 2.24) is 0 Å². The van der Waals surface area contributed by atoms with Gasteiger partial charge in [0.15, 0.2) is 0 Å². The van der Waals surface area contributed by atoms with Crippen molar-refractivity contribution in [2.24, 2.45) is 5.73 Å². The summed E-state index contributed by atoms with van der Waals surface area (Å²) >= 11 is 0. The van der Waals surface area contributed by atoms with Crippen LogP contribution in [0.3, 0.4) is 0 Å². The first kappa shape index (κ1) is 15.3. The average Bonchev–Trinajstić information content (AvgIpc) is 2.36. The molecule has 1 unspecified atom stereocenters. The van der Waals surface area contributed by atoms with Crippen LogP contribution in [-0.2, 0) is 11.0 Å². The maximum absolute atomic E-state index is 12.9. The van der Waals surface area contributed by atoms with E-state index in [2.05, 4.69) is 5.32 Å². The van der Waals surface area contributed by atoms with Gasteiger partial charge < -0.3 is 15.8 Å². The smallest absolute Gasteiger partial charge is 0.418 e. The van der Waals surface area contributed by atoms with Crippen molar-refractivity contribution in [2.45, 2.75) is 25.6 Å². The van der Waals surface area contributed by atoms with E-state index in [-0.39, 0.29) is 11.4 Å². The van der Waals surface area contributed by atoms with Gasteiger partial charge in [-0.15, -0.1) is 0 Å². The molecule has 0 radical (unpaired) electrons. The number of rotatable bonds is 4. The molecule has 1 amide bonds. The molecule has 0 fully saturated rings. The molecule has 1 rings (SSSR count). The molecule has 0 aliphatic rings. The molecule has 1 aromatic rings. The van der Waals surface area contributed by atoms with E-state index < -0.39 is 23.7 Å². The molecular formula is C12H15F3N2O2. The molecule has 0 bridgehead atoms. The number of benzene rings is 1. The van der Waals surface area contributed by atoms with Crippen LogP contribution < -0.4 is 15.8 Å². The second-order valence-corrected chi connectivity index (χ2v) is 3.91. The van der Waals surface area contributed by atoms with Gasteiger partial charge in [0, 0.05) is 0 Å². The minimum absolute atomic E-state index is 0.0603. The summed E-state index contributed by atoms with van der Waals surface area (Å²) in [4.78, 5) is 11.5. The highest BCUT2D eigenvalue weighted by Crippen LogP contribution is 2.37. The summed E-state index contributed by atoms with van der Waals surface area (Å²) in [6.07, 6.45) is -4.25. The Bertz CT molecular complexity index is 461. The number of hydrogen-bond acceptors (Lipinski definition) is 3. The normalized spacial score (nSPS) is 12.9. The van der Waals surface area contributed by atoms with Gasteiger partial charge in [-0.05, 0) is 24.6 Å². The Balaban J connectivity index is 3.10. The predicted molar refractivity (Wildman–Crippen MR) is 64.9 cm³/mol. The molecule has 106 valence electrons. The van der Waals surface area contributed by atoms with Crippen LogP contribution in [0.1, 0.15) is 18.9 Å². The first-order chi connectivity index (χ1) is 8.79. The van der Waals surface area contributed by atoms with Crippen LogP contribution in [0, 0.1) is 0 Å². The van der Waals surface area contributed by atoms with Gasteiger partial charge >= 0.3 is 6.18 Å². The van der Waals surface area contributed by atoms with Crippen molar-refractivity contribution < 1.29 is 22.7 Å². The molecule has 1 atom stereocenters. The van der Waals surface area contributed by atoms with Crippen molar-refractivity contribution >= 4 is 11.6 Å². The third-order valence-corrected chi connectivity index (χ3v) is 2.57. The van der Waals surface area contributed by atoms with Crippen molar-refractivity contribution in [3.8, 4) is 5.75 Å². The maximum atomic E-state index is 12.9. The van der Waals surface area contributed by atoms with E-state index in [1.165, 1.54) is 13.2 Å². The number of nitrogens with one attached hydrogen (secondary N) is 1. The van der Waals surface area contributed by atoms with Crippen LogP contribution in [-0.4, -0.2) is 19.1 Å². The van der Waals surface area contributed by atoms with Crippen molar-refractivity contribution in [3.63, 3.8) is 0 Å². The lowest BCUT2D eigenvalue weighted by Gasteiger charge is -2.16. The Morgan fingerprint density at radius 2 is 2.11 bits per heavy atom. The number of anilines is 1. The molecule has 0 saturated carbocycles. The van der Waals surface area contributed by atoms with E-state index in [9.17, 15) is 18.0 Å². The molecule has 0 aliphatic heterocycles. The fourth-order valence-corrected chi connectivity index (χ4v) is 1.40. The summed E-state index contributed by atoms with van der Waals surface area (Å²) in [7, 11) is 1.26. The molecule has 0 spiro atoms. The van der Waals surface area contributed by atoms with Crippen molar-refractivity contribution in [2.75, 3.05) is 12.4 Å². The summed E-state index contributed by atoms with van der Waals surface area (Å²) in [5, 5.41) is 2.18. The van der Waals surface area contributed by atoms with Crippen LogP contribution in [0.5, 0.6) is 5.75 Å². The van der Waals surface area contributed by atoms with Crippen molar-refractivity contribution in [1.29, 1.82) is 0 Å². The van der Waals surface area contributed by atoms with Gasteiger partial charge in [0.2, 0.25) is 5.91 Å². The Labute approximate surface area is 108 Å². The SMILES string of the molecule is CCC(N)C(=O)Nc1ccc(OC)cc1C(F)(F)F. The lowest BCUT2D eigenvalue weighted by Crippen LogP contribution is -2.35. The highest BCUT2D eigenvalue weighted by atomic mass is 19.4. The van der Waals surface area contributed by atoms with Gasteiger partial charge in [0.1, 0.15) is 5.75 Å². The summed E-state index contributed by atoms with van der Waals surface area (Å²) in [6.45, 7) is 1.67. The van der Waals surface area contributed by atoms with Gasteiger partial charge in [-0.1, -0.05) is 6.92 Å². The number of ether oxygens (including phenoxy) is 1. The standard InChI is InChI=1S/C12H15F3N2O2/c1-3-9(16)11(18)17-10-5-4-7(19-2)6-8(10)12(13,14)15/h4-6,9H,3,16H2,1-2H3,(H,17,18). The second kappa shape index (κ2) is 5.92. The number of nitrogens with two attached hydrogens (primary N) is 1. The topological polar surface area (TPSA) is 64.4 Å². The van der Waals surface area contributed by atoms with Gasteiger partial charge in [0.05, 0.1) is 24.4 Å². The van der Waals surface area contributed by atoms with Crippen LogP contribution in [0.2, 0.25) is 0 Å². The summed E-state index contributed by atoms with van der Waals surface area (Å²) in [6, 6.07) is 2.46. The number of halogens is 3. The number of carbonyl (C=O) groups is 1. The van der Waals surface area contributed by atoms with Gasteiger partial charge in [0.25, 0.3) is 0 Å². The summed E-state index contributed by atoms with van der Waals surface area (Å²) in [5.41, 5.74) is 4.16. The molecule has 0 saturated heterocycles. The lowest BCUT2D eigenvalue weighted by molar-refractivity contribution is -0.137. The highest BCUT2D eigenvalue weighted by molar-refractivity contribution is 5.95. The van der Waals surface area contributed by atoms with Gasteiger partial charge in [-0.3, -0.25) is 4.79 Å². The summed E-state index contributed by atoms with van der Waals surface area (Å²) < 4.78 is 43.3. The molecule has 0 aromatic heterocycles. The molecule has 4 nitrogen and oxygen atoms in total. The molecule has 7 heteroatoms. The zero-order valence-corrected chi connectivity index (χ0v) is 10.5. The largest absolute Gasteiger partial charge is 0.497 e. The van der Waals surface area contributed by atoms with Gasteiger partial charge in [-0.25, -0.2) is 0 Å². The monoisotopic (exact) mass is 276 g/mol. The first-order valence-electron chi connectivity index (χ1n) is 5.61. The van der Waals surface area contributed by atoms with E-state index in [1.807, 2.05) is 0 Å². The van der Waals surface area contributed by atoms with E-state index >= 15 is 0 Å². The fourth-order valence-electron chi connectivity index (χ4n) is 1.40. The lowest BCUT2D eigenvalue weighted by atomic mass is 10.1. The zero-order chi connectivity index (χ0) is 14.6. The van der Waals surface area contributed by atoms with Crippen LogP contribution >= 0.6 is 0 Å². The van der Waals surface area contributed by atoms with Crippen LogP contribution in [0.25, 0.3) is 0 Å².